The zero-order chi connectivity index (χ0) is 9.94. The maximum Gasteiger partial charge on any atom is 0.328 e. The van der Waals surface area contributed by atoms with E-state index in [4.69, 9.17) is 15.1 Å². The van der Waals surface area contributed by atoms with E-state index in [0.717, 1.165) is 6.08 Å². The number of carboxylic acid groups (broad SMARTS) is 1. The second-order valence-electron chi connectivity index (χ2n) is 2.05. The summed E-state index contributed by atoms with van der Waals surface area (Å²) in [6, 6.07) is 0. The summed E-state index contributed by atoms with van der Waals surface area (Å²) in [7, 11) is 0. The van der Waals surface area contributed by atoms with Crippen molar-refractivity contribution >= 4 is 5.97 Å². The molecule has 0 unspecified atom stereocenters. The lowest BCUT2D eigenvalue weighted by Gasteiger charge is -1.93. The van der Waals surface area contributed by atoms with E-state index >= 15 is 0 Å². The molecule has 13 heavy (non-hydrogen) atoms. The number of rotatable bonds is 7. The second-order valence-corrected chi connectivity index (χ2v) is 2.05. The summed E-state index contributed by atoms with van der Waals surface area (Å²) < 4.78 is 4.96. The third-order valence-corrected chi connectivity index (χ3v) is 1.03. The Hall–Kier alpha value is -1.17. The van der Waals surface area contributed by atoms with Gasteiger partial charge in [0.15, 0.2) is 0 Å². The SMILES string of the molecule is O=C(O)C=CCOCC=CCOO. The summed E-state index contributed by atoms with van der Waals surface area (Å²) in [5.41, 5.74) is 0. The van der Waals surface area contributed by atoms with Crippen molar-refractivity contribution in [2.45, 2.75) is 0 Å². The van der Waals surface area contributed by atoms with E-state index in [2.05, 4.69) is 4.89 Å². The molecule has 0 bridgehead atoms. The van der Waals surface area contributed by atoms with Crippen molar-refractivity contribution in [3.05, 3.63) is 24.3 Å². The maximum atomic E-state index is 9.97. The van der Waals surface area contributed by atoms with Crippen LogP contribution in [-0.2, 0) is 14.4 Å². The van der Waals surface area contributed by atoms with Crippen molar-refractivity contribution in [1.82, 2.24) is 0 Å². The molecule has 0 aliphatic heterocycles. The first kappa shape index (κ1) is 11.8. The minimum Gasteiger partial charge on any atom is -0.478 e. The van der Waals surface area contributed by atoms with Crippen LogP contribution in [-0.4, -0.2) is 36.2 Å². The zero-order valence-electron chi connectivity index (χ0n) is 7.05. The molecule has 0 saturated heterocycles. The molecule has 0 aromatic rings. The van der Waals surface area contributed by atoms with E-state index < -0.39 is 5.97 Å². The predicted molar refractivity (Wildman–Crippen MR) is 45.3 cm³/mol. The van der Waals surface area contributed by atoms with Gasteiger partial charge in [-0.25, -0.2) is 9.68 Å². The summed E-state index contributed by atoms with van der Waals surface area (Å²) in [6.45, 7) is 0.721. The topological polar surface area (TPSA) is 76.0 Å². The molecule has 0 aromatic carbocycles. The van der Waals surface area contributed by atoms with Gasteiger partial charge in [-0.2, -0.15) is 0 Å². The molecular weight excluding hydrogens is 176 g/mol. The number of carboxylic acids is 1. The Morgan fingerprint density at radius 2 is 1.77 bits per heavy atom. The highest BCUT2D eigenvalue weighted by atomic mass is 17.1. The van der Waals surface area contributed by atoms with Crippen molar-refractivity contribution in [3.8, 4) is 0 Å². The molecule has 74 valence electrons. The standard InChI is InChI=1S/C8H12O5/c9-8(10)4-3-6-12-5-1-2-7-13-11/h1-4,11H,5-7H2,(H,9,10). The molecule has 0 aromatic heterocycles. The number of ether oxygens (including phenoxy) is 1. The normalized spacial score (nSPS) is 11.5. The minimum atomic E-state index is -0.993. The van der Waals surface area contributed by atoms with E-state index in [0.29, 0.717) is 6.61 Å². The average Bonchev–Trinajstić information content (AvgIpc) is 2.09. The van der Waals surface area contributed by atoms with Gasteiger partial charge in [-0.1, -0.05) is 18.2 Å². The quantitative estimate of drug-likeness (QED) is 0.202. The molecule has 0 rings (SSSR count). The first-order valence-corrected chi connectivity index (χ1v) is 3.66. The molecule has 0 amide bonds. The van der Waals surface area contributed by atoms with Gasteiger partial charge in [0.25, 0.3) is 0 Å². The number of hydrogen-bond acceptors (Lipinski definition) is 4. The molecule has 5 heteroatoms. The molecule has 0 aliphatic carbocycles. The van der Waals surface area contributed by atoms with Crippen LogP contribution in [0.3, 0.4) is 0 Å². The average molecular weight is 188 g/mol. The van der Waals surface area contributed by atoms with Crippen molar-refractivity contribution < 1.29 is 24.8 Å². The van der Waals surface area contributed by atoms with Gasteiger partial charge in [0.05, 0.1) is 13.2 Å². The maximum absolute atomic E-state index is 9.97. The highest BCUT2D eigenvalue weighted by molar-refractivity contribution is 5.79. The van der Waals surface area contributed by atoms with E-state index in [9.17, 15) is 4.79 Å². The van der Waals surface area contributed by atoms with Gasteiger partial charge in [0.2, 0.25) is 0 Å². The Morgan fingerprint density at radius 3 is 2.38 bits per heavy atom. The summed E-state index contributed by atoms with van der Waals surface area (Å²) >= 11 is 0. The third-order valence-electron chi connectivity index (χ3n) is 1.03. The van der Waals surface area contributed by atoms with Gasteiger partial charge >= 0.3 is 5.97 Å². The van der Waals surface area contributed by atoms with Gasteiger partial charge in [-0.3, -0.25) is 5.26 Å². The largest absolute Gasteiger partial charge is 0.478 e. The first-order valence-electron chi connectivity index (χ1n) is 3.66. The fourth-order valence-electron chi connectivity index (χ4n) is 0.532. The van der Waals surface area contributed by atoms with Gasteiger partial charge in [0, 0.05) is 6.08 Å². The van der Waals surface area contributed by atoms with Crippen molar-refractivity contribution in [3.63, 3.8) is 0 Å². The van der Waals surface area contributed by atoms with E-state index in [1.54, 1.807) is 12.2 Å². The van der Waals surface area contributed by atoms with Crippen LogP contribution < -0.4 is 0 Å². The highest BCUT2D eigenvalue weighted by Crippen LogP contribution is 1.81. The third kappa shape index (κ3) is 10.8. The van der Waals surface area contributed by atoms with E-state index in [1.807, 2.05) is 0 Å². The Kier molecular flexibility index (Phi) is 8.12. The molecular formula is C8H12O5. The van der Waals surface area contributed by atoms with Crippen LogP contribution >= 0.6 is 0 Å². The fourth-order valence-corrected chi connectivity index (χ4v) is 0.532. The van der Waals surface area contributed by atoms with Gasteiger partial charge in [0.1, 0.15) is 6.61 Å². The summed E-state index contributed by atoms with van der Waals surface area (Å²) in [5, 5.41) is 16.1. The van der Waals surface area contributed by atoms with Crippen molar-refractivity contribution in [2.75, 3.05) is 19.8 Å². The lowest BCUT2D eigenvalue weighted by atomic mass is 10.5. The number of carbonyl (C=O) groups is 1. The summed E-state index contributed by atoms with van der Waals surface area (Å²) in [6.07, 6.45) is 5.66. The lowest BCUT2D eigenvalue weighted by molar-refractivity contribution is -0.231. The van der Waals surface area contributed by atoms with Gasteiger partial charge in [-0.05, 0) is 0 Å². The van der Waals surface area contributed by atoms with Crippen LogP contribution in [0, 0.1) is 0 Å². The van der Waals surface area contributed by atoms with E-state index in [-0.39, 0.29) is 13.2 Å². The van der Waals surface area contributed by atoms with Gasteiger partial charge < -0.3 is 9.84 Å². The molecule has 0 fully saturated rings. The Balaban J connectivity index is 3.21. The molecule has 2 N–H and O–H groups in total. The molecule has 0 aliphatic rings. The second kappa shape index (κ2) is 8.92. The Bertz CT molecular complexity index is 185. The first-order chi connectivity index (χ1) is 6.27. The number of aliphatic carboxylic acids is 1. The van der Waals surface area contributed by atoms with Crippen LogP contribution in [0.15, 0.2) is 24.3 Å². The molecule has 0 radical (unpaired) electrons. The van der Waals surface area contributed by atoms with Crippen LogP contribution in [0.5, 0.6) is 0 Å². The minimum absolute atomic E-state index is 0.119. The summed E-state index contributed by atoms with van der Waals surface area (Å²) in [4.78, 5) is 13.7. The Labute approximate surface area is 75.8 Å². The highest BCUT2D eigenvalue weighted by Gasteiger charge is 1.84. The molecule has 0 atom stereocenters. The Morgan fingerprint density at radius 1 is 1.15 bits per heavy atom. The molecule has 0 saturated carbocycles. The van der Waals surface area contributed by atoms with Crippen LogP contribution in [0.4, 0.5) is 0 Å². The fraction of sp³-hybridized carbons (Fsp3) is 0.375. The predicted octanol–water partition coefficient (Wildman–Crippen LogP) is 0.690. The van der Waals surface area contributed by atoms with E-state index in [1.165, 1.54) is 6.08 Å². The molecule has 0 spiro atoms. The van der Waals surface area contributed by atoms with Crippen LogP contribution in [0.2, 0.25) is 0 Å². The zero-order valence-corrected chi connectivity index (χ0v) is 7.05. The smallest absolute Gasteiger partial charge is 0.328 e. The van der Waals surface area contributed by atoms with Crippen LogP contribution in [0.1, 0.15) is 0 Å². The molecule has 5 nitrogen and oxygen atoms in total. The van der Waals surface area contributed by atoms with Crippen molar-refractivity contribution in [1.29, 1.82) is 0 Å². The molecule has 0 heterocycles. The lowest BCUT2D eigenvalue weighted by Crippen LogP contribution is -1.93. The number of hydrogen-bond donors (Lipinski definition) is 2. The van der Waals surface area contributed by atoms with Gasteiger partial charge in [-0.15, -0.1) is 0 Å². The van der Waals surface area contributed by atoms with Crippen molar-refractivity contribution in [2.24, 2.45) is 0 Å². The monoisotopic (exact) mass is 188 g/mol. The summed E-state index contributed by atoms with van der Waals surface area (Å²) in [5.74, 6) is -0.993. The van der Waals surface area contributed by atoms with Crippen LogP contribution in [0.25, 0.3) is 0 Å².